The van der Waals surface area contributed by atoms with Gasteiger partial charge < -0.3 is 4.74 Å². The van der Waals surface area contributed by atoms with E-state index < -0.39 is 28.2 Å². The van der Waals surface area contributed by atoms with Crippen molar-refractivity contribution in [3.63, 3.8) is 0 Å². The maximum atomic E-state index is 13.4. The van der Waals surface area contributed by atoms with Crippen LogP contribution in [0.3, 0.4) is 0 Å². The molecular formula is C11H14BrFN2O4S. The zero-order valence-electron chi connectivity index (χ0n) is 10.8. The van der Waals surface area contributed by atoms with Gasteiger partial charge in [0.25, 0.3) is 0 Å². The second-order valence-electron chi connectivity index (χ2n) is 4.12. The summed E-state index contributed by atoms with van der Waals surface area (Å²) in [4.78, 5) is 11.2. The second-order valence-corrected chi connectivity index (χ2v) is 6.53. The van der Waals surface area contributed by atoms with Crippen LogP contribution in [0.1, 0.15) is 19.4 Å². The summed E-state index contributed by atoms with van der Waals surface area (Å²) in [6, 6.07) is 4.13. The Morgan fingerprint density at radius 2 is 2.10 bits per heavy atom. The first-order chi connectivity index (χ1) is 9.19. The standard InChI is InChI=1S/C11H14BrFN2O4S/c1-7(2)19-11(16)15-20(17,18)14-6-8-5-9(12)3-4-10(8)13/h3-5,7,14H,6H2,1-2H3,(H,15,16). The molecule has 0 saturated carbocycles. The van der Waals surface area contributed by atoms with Gasteiger partial charge in [0, 0.05) is 16.6 Å². The zero-order chi connectivity index (χ0) is 15.3. The molecule has 1 amide bonds. The lowest BCUT2D eigenvalue weighted by atomic mass is 10.2. The molecule has 20 heavy (non-hydrogen) atoms. The third kappa shape index (κ3) is 5.85. The van der Waals surface area contributed by atoms with E-state index in [1.807, 2.05) is 4.72 Å². The van der Waals surface area contributed by atoms with Gasteiger partial charge in [-0.2, -0.15) is 13.1 Å². The van der Waals surface area contributed by atoms with E-state index in [9.17, 15) is 17.6 Å². The van der Waals surface area contributed by atoms with Crippen LogP contribution >= 0.6 is 15.9 Å². The van der Waals surface area contributed by atoms with Crippen LogP contribution in [0, 0.1) is 5.82 Å². The van der Waals surface area contributed by atoms with Gasteiger partial charge in [-0.1, -0.05) is 15.9 Å². The van der Waals surface area contributed by atoms with Crippen molar-refractivity contribution >= 4 is 32.2 Å². The number of carbonyl (C=O) groups excluding carboxylic acids is 1. The Kier molecular flexibility index (Phi) is 5.90. The minimum absolute atomic E-state index is 0.141. The maximum Gasteiger partial charge on any atom is 0.422 e. The Balaban J connectivity index is 2.63. The molecule has 0 aliphatic rings. The Morgan fingerprint density at radius 1 is 1.45 bits per heavy atom. The molecule has 1 aromatic rings. The largest absolute Gasteiger partial charge is 0.446 e. The molecule has 112 valence electrons. The highest BCUT2D eigenvalue weighted by atomic mass is 79.9. The molecule has 0 aliphatic carbocycles. The van der Waals surface area contributed by atoms with Gasteiger partial charge in [0.05, 0.1) is 6.10 Å². The number of halogens is 2. The van der Waals surface area contributed by atoms with Crippen LogP contribution in [0.25, 0.3) is 0 Å². The molecule has 0 aliphatic heterocycles. The van der Waals surface area contributed by atoms with Crippen LogP contribution in [0.15, 0.2) is 22.7 Å². The molecule has 0 unspecified atom stereocenters. The van der Waals surface area contributed by atoms with Crippen molar-refractivity contribution in [1.82, 2.24) is 9.44 Å². The van der Waals surface area contributed by atoms with Crippen LogP contribution < -0.4 is 9.44 Å². The topological polar surface area (TPSA) is 84.5 Å². The fourth-order valence-electron chi connectivity index (χ4n) is 1.24. The van der Waals surface area contributed by atoms with E-state index in [4.69, 9.17) is 0 Å². The monoisotopic (exact) mass is 368 g/mol. The molecule has 0 spiro atoms. The lowest BCUT2D eigenvalue weighted by molar-refractivity contribution is 0.121. The van der Waals surface area contributed by atoms with Gasteiger partial charge in [-0.25, -0.2) is 13.9 Å². The highest BCUT2D eigenvalue weighted by molar-refractivity contribution is 9.10. The lowest BCUT2D eigenvalue weighted by Crippen LogP contribution is -2.41. The molecular weight excluding hydrogens is 355 g/mol. The SMILES string of the molecule is CC(C)OC(=O)NS(=O)(=O)NCc1cc(Br)ccc1F. The number of nitrogens with one attached hydrogen (secondary N) is 2. The van der Waals surface area contributed by atoms with E-state index >= 15 is 0 Å². The summed E-state index contributed by atoms with van der Waals surface area (Å²) in [6.45, 7) is 2.86. The number of amides is 1. The third-order valence-electron chi connectivity index (χ3n) is 2.02. The summed E-state index contributed by atoms with van der Waals surface area (Å²) < 4.78 is 45.4. The van der Waals surface area contributed by atoms with Crippen molar-refractivity contribution in [3.05, 3.63) is 34.1 Å². The predicted molar refractivity (Wildman–Crippen MR) is 74.6 cm³/mol. The molecule has 6 nitrogen and oxygen atoms in total. The summed E-state index contributed by atoms with van der Waals surface area (Å²) in [6.07, 6.45) is -1.55. The molecule has 0 atom stereocenters. The number of hydrogen-bond acceptors (Lipinski definition) is 4. The fraction of sp³-hybridized carbons (Fsp3) is 0.364. The second kappa shape index (κ2) is 7.00. The number of carbonyl (C=O) groups is 1. The molecule has 0 heterocycles. The third-order valence-corrected chi connectivity index (χ3v) is 3.47. The van der Waals surface area contributed by atoms with Crippen molar-refractivity contribution in [1.29, 1.82) is 0 Å². The first-order valence-corrected chi connectivity index (χ1v) is 7.89. The van der Waals surface area contributed by atoms with E-state index in [0.717, 1.165) is 0 Å². The number of hydrogen-bond donors (Lipinski definition) is 2. The van der Waals surface area contributed by atoms with Gasteiger partial charge in [0.2, 0.25) is 0 Å². The summed E-state index contributed by atoms with van der Waals surface area (Å²) in [5.41, 5.74) is 0.141. The quantitative estimate of drug-likeness (QED) is 0.832. The summed E-state index contributed by atoms with van der Waals surface area (Å²) in [7, 11) is -4.11. The van der Waals surface area contributed by atoms with Crippen LogP contribution in [-0.2, 0) is 21.5 Å². The fourth-order valence-corrected chi connectivity index (χ4v) is 2.33. The highest BCUT2D eigenvalue weighted by Crippen LogP contribution is 2.15. The van der Waals surface area contributed by atoms with Crippen LogP contribution in [0.2, 0.25) is 0 Å². The minimum atomic E-state index is -4.11. The van der Waals surface area contributed by atoms with Crippen molar-refractivity contribution < 1.29 is 22.3 Å². The van der Waals surface area contributed by atoms with Crippen molar-refractivity contribution in [2.24, 2.45) is 0 Å². The Labute approximate surface area is 125 Å². The molecule has 0 aromatic heterocycles. The Bertz CT molecular complexity index is 592. The maximum absolute atomic E-state index is 13.4. The number of ether oxygens (including phenoxy) is 1. The van der Waals surface area contributed by atoms with Gasteiger partial charge in [-0.15, -0.1) is 0 Å². The number of rotatable bonds is 5. The Hall–Kier alpha value is -1.19. The molecule has 0 radical (unpaired) electrons. The van der Waals surface area contributed by atoms with Crippen LogP contribution in [-0.4, -0.2) is 20.6 Å². The molecule has 0 fully saturated rings. The molecule has 1 rings (SSSR count). The summed E-state index contributed by atoms with van der Waals surface area (Å²) in [5, 5.41) is 0. The number of benzene rings is 1. The van der Waals surface area contributed by atoms with E-state index in [1.54, 1.807) is 18.6 Å². The average Bonchev–Trinajstić information content (AvgIpc) is 2.28. The van der Waals surface area contributed by atoms with Gasteiger partial charge in [-0.05, 0) is 32.0 Å². The molecule has 2 N–H and O–H groups in total. The van der Waals surface area contributed by atoms with E-state index in [1.165, 1.54) is 18.2 Å². The first-order valence-electron chi connectivity index (χ1n) is 5.61. The molecule has 0 saturated heterocycles. The van der Waals surface area contributed by atoms with Gasteiger partial charge in [0.1, 0.15) is 5.82 Å². The van der Waals surface area contributed by atoms with Crippen molar-refractivity contribution in [3.8, 4) is 0 Å². The van der Waals surface area contributed by atoms with Crippen LogP contribution in [0.4, 0.5) is 9.18 Å². The lowest BCUT2D eigenvalue weighted by Gasteiger charge is -2.11. The van der Waals surface area contributed by atoms with Gasteiger partial charge in [-0.3, -0.25) is 0 Å². The van der Waals surface area contributed by atoms with E-state index in [0.29, 0.717) is 4.47 Å². The Morgan fingerprint density at radius 3 is 2.70 bits per heavy atom. The van der Waals surface area contributed by atoms with Crippen molar-refractivity contribution in [2.45, 2.75) is 26.5 Å². The normalized spacial score (nSPS) is 11.4. The average molecular weight is 369 g/mol. The van der Waals surface area contributed by atoms with Gasteiger partial charge in [0.15, 0.2) is 0 Å². The van der Waals surface area contributed by atoms with Crippen LogP contribution in [0.5, 0.6) is 0 Å². The first kappa shape index (κ1) is 16.9. The van der Waals surface area contributed by atoms with E-state index in [-0.39, 0.29) is 12.1 Å². The van der Waals surface area contributed by atoms with E-state index in [2.05, 4.69) is 20.7 Å². The predicted octanol–water partition coefficient (Wildman–Crippen LogP) is 2.06. The molecule has 0 bridgehead atoms. The van der Waals surface area contributed by atoms with Gasteiger partial charge >= 0.3 is 16.3 Å². The smallest absolute Gasteiger partial charge is 0.422 e. The summed E-state index contributed by atoms with van der Waals surface area (Å²) >= 11 is 3.15. The zero-order valence-corrected chi connectivity index (χ0v) is 13.2. The molecule has 1 aromatic carbocycles. The highest BCUT2D eigenvalue weighted by Gasteiger charge is 2.16. The summed E-state index contributed by atoms with van der Waals surface area (Å²) in [5.74, 6) is -0.555. The van der Waals surface area contributed by atoms with Crippen molar-refractivity contribution in [2.75, 3.05) is 0 Å². The minimum Gasteiger partial charge on any atom is -0.446 e. The molecule has 9 heteroatoms.